The SMILES string of the molecule is C[C@H](CN1CCOCC1)Nc1nc2c(c(=O)[nH]c(=O)n2C)n1C. The maximum atomic E-state index is 12.0. The van der Waals surface area contributed by atoms with Gasteiger partial charge in [0.2, 0.25) is 5.95 Å². The molecular formula is C14H22N6O3. The minimum Gasteiger partial charge on any atom is -0.379 e. The molecule has 2 aromatic rings. The van der Waals surface area contributed by atoms with Crippen LogP contribution in [0.4, 0.5) is 5.95 Å². The first-order valence-electron chi connectivity index (χ1n) is 7.69. The van der Waals surface area contributed by atoms with Crippen molar-refractivity contribution in [1.82, 2.24) is 24.0 Å². The predicted octanol–water partition coefficient (Wildman–Crippen LogP) is -0.907. The molecule has 1 atom stereocenters. The van der Waals surface area contributed by atoms with Crippen LogP contribution in [-0.2, 0) is 18.8 Å². The van der Waals surface area contributed by atoms with Crippen molar-refractivity contribution in [1.29, 1.82) is 0 Å². The molecular weight excluding hydrogens is 300 g/mol. The van der Waals surface area contributed by atoms with Crippen LogP contribution in [0.5, 0.6) is 0 Å². The Balaban J connectivity index is 1.84. The number of aryl methyl sites for hydroxylation is 2. The van der Waals surface area contributed by atoms with Crippen molar-refractivity contribution in [2.45, 2.75) is 13.0 Å². The number of imidazole rings is 1. The highest BCUT2D eigenvalue weighted by Crippen LogP contribution is 2.14. The Morgan fingerprint density at radius 3 is 2.65 bits per heavy atom. The normalized spacial score (nSPS) is 17.5. The molecule has 0 unspecified atom stereocenters. The van der Waals surface area contributed by atoms with Crippen LogP contribution < -0.4 is 16.6 Å². The molecule has 9 heteroatoms. The zero-order valence-corrected chi connectivity index (χ0v) is 13.6. The number of hydrogen-bond donors (Lipinski definition) is 2. The summed E-state index contributed by atoms with van der Waals surface area (Å²) in [5.41, 5.74) is -0.129. The van der Waals surface area contributed by atoms with Crippen molar-refractivity contribution < 1.29 is 4.74 Å². The van der Waals surface area contributed by atoms with Gasteiger partial charge in [-0.3, -0.25) is 19.2 Å². The van der Waals surface area contributed by atoms with Crippen molar-refractivity contribution >= 4 is 17.1 Å². The summed E-state index contributed by atoms with van der Waals surface area (Å²) >= 11 is 0. The van der Waals surface area contributed by atoms with Crippen molar-refractivity contribution in [3.63, 3.8) is 0 Å². The van der Waals surface area contributed by atoms with Crippen molar-refractivity contribution in [2.75, 3.05) is 38.2 Å². The van der Waals surface area contributed by atoms with E-state index in [0.29, 0.717) is 17.1 Å². The van der Waals surface area contributed by atoms with E-state index in [1.165, 1.54) is 4.57 Å². The lowest BCUT2D eigenvalue weighted by molar-refractivity contribution is 0.0367. The molecule has 3 heterocycles. The van der Waals surface area contributed by atoms with Gasteiger partial charge in [-0.2, -0.15) is 4.98 Å². The summed E-state index contributed by atoms with van der Waals surface area (Å²) in [7, 11) is 3.35. The molecule has 1 saturated heterocycles. The molecule has 0 bridgehead atoms. The van der Waals surface area contributed by atoms with E-state index in [0.717, 1.165) is 32.8 Å². The highest BCUT2D eigenvalue weighted by molar-refractivity contribution is 5.73. The minimum atomic E-state index is -0.464. The highest BCUT2D eigenvalue weighted by Gasteiger charge is 2.18. The second-order valence-corrected chi connectivity index (χ2v) is 5.94. The van der Waals surface area contributed by atoms with Gasteiger partial charge < -0.3 is 14.6 Å². The van der Waals surface area contributed by atoms with Crippen LogP contribution in [0.15, 0.2) is 9.59 Å². The molecule has 1 aliphatic rings. The molecule has 0 radical (unpaired) electrons. The number of nitrogens with zero attached hydrogens (tertiary/aromatic N) is 4. The maximum Gasteiger partial charge on any atom is 0.329 e. The number of aromatic amines is 1. The fourth-order valence-electron chi connectivity index (χ4n) is 2.87. The first kappa shape index (κ1) is 15.8. The van der Waals surface area contributed by atoms with Crippen molar-refractivity contribution in [2.24, 2.45) is 14.1 Å². The molecule has 0 aromatic carbocycles. The average molecular weight is 322 g/mol. The second kappa shape index (κ2) is 6.17. The van der Waals surface area contributed by atoms with Crippen LogP contribution >= 0.6 is 0 Å². The molecule has 126 valence electrons. The molecule has 0 aliphatic carbocycles. The first-order valence-corrected chi connectivity index (χ1v) is 7.69. The number of rotatable bonds is 4. The number of nitrogens with one attached hydrogen (secondary N) is 2. The average Bonchev–Trinajstić information content (AvgIpc) is 2.83. The third kappa shape index (κ3) is 3.02. The van der Waals surface area contributed by atoms with Crippen LogP contribution in [0, 0.1) is 0 Å². The Morgan fingerprint density at radius 2 is 1.96 bits per heavy atom. The van der Waals surface area contributed by atoms with Gasteiger partial charge in [-0.05, 0) is 6.92 Å². The summed E-state index contributed by atoms with van der Waals surface area (Å²) in [6.07, 6.45) is 0. The number of hydrogen-bond acceptors (Lipinski definition) is 6. The summed E-state index contributed by atoms with van der Waals surface area (Å²) in [4.78, 5) is 32.7. The number of ether oxygens (including phenoxy) is 1. The van der Waals surface area contributed by atoms with Crippen LogP contribution in [0.25, 0.3) is 11.2 Å². The third-order valence-corrected chi connectivity index (χ3v) is 4.15. The van der Waals surface area contributed by atoms with E-state index in [1.54, 1.807) is 18.7 Å². The van der Waals surface area contributed by atoms with Gasteiger partial charge in [0, 0.05) is 39.8 Å². The summed E-state index contributed by atoms with van der Waals surface area (Å²) < 4.78 is 8.37. The quantitative estimate of drug-likeness (QED) is 0.757. The number of anilines is 1. The molecule has 1 aliphatic heterocycles. The van der Waals surface area contributed by atoms with E-state index in [1.807, 2.05) is 0 Å². The van der Waals surface area contributed by atoms with Crippen LogP contribution in [0.3, 0.4) is 0 Å². The Kier molecular flexibility index (Phi) is 4.22. The number of aromatic nitrogens is 4. The number of fused-ring (bicyclic) bond motifs is 1. The fraction of sp³-hybridized carbons (Fsp3) is 0.643. The molecule has 0 saturated carbocycles. The molecule has 23 heavy (non-hydrogen) atoms. The first-order chi connectivity index (χ1) is 11.0. The highest BCUT2D eigenvalue weighted by atomic mass is 16.5. The van der Waals surface area contributed by atoms with Gasteiger partial charge in [0.1, 0.15) is 0 Å². The zero-order chi connectivity index (χ0) is 16.6. The van der Waals surface area contributed by atoms with Gasteiger partial charge in [-0.15, -0.1) is 0 Å². The van der Waals surface area contributed by atoms with Gasteiger partial charge >= 0.3 is 5.69 Å². The summed E-state index contributed by atoms with van der Waals surface area (Å²) in [5, 5.41) is 3.32. The lowest BCUT2D eigenvalue weighted by Gasteiger charge is -2.29. The standard InChI is InChI=1S/C14H22N6O3/c1-9(8-20-4-6-23-7-5-20)15-13-16-11-10(18(13)2)12(21)17-14(22)19(11)3/h9H,4-8H2,1-3H3,(H,15,16)(H,17,21,22)/t9-/m1/s1. The Morgan fingerprint density at radius 1 is 1.26 bits per heavy atom. The van der Waals surface area contributed by atoms with E-state index in [-0.39, 0.29) is 6.04 Å². The van der Waals surface area contributed by atoms with Crippen LogP contribution in [0.1, 0.15) is 6.92 Å². The van der Waals surface area contributed by atoms with E-state index in [4.69, 9.17) is 4.74 Å². The monoisotopic (exact) mass is 322 g/mol. The van der Waals surface area contributed by atoms with Gasteiger partial charge in [0.15, 0.2) is 11.2 Å². The Bertz CT molecular complexity index is 814. The minimum absolute atomic E-state index is 0.153. The predicted molar refractivity (Wildman–Crippen MR) is 86.9 cm³/mol. The molecule has 2 N–H and O–H groups in total. The van der Waals surface area contributed by atoms with Crippen LogP contribution in [-0.4, -0.2) is 62.9 Å². The molecule has 3 rings (SSSR count). The lowest BCUT2D eigenvalue weighted by Crippen LogP contribution is -2.42. The summed E-state index contributed by atoms with van der Waals surface area (Å²) in [6.45, 7) is 6.29. The number of H-pyrrole nitrogens is 1. The number of morpholine rings is 1. The Labute approximate surface area is 132 Å². The molecule has 9 nitrogen and oxygen atoms in total. The van der Waals surface area contributed by atoms with Gasteiger partial charge in [-0.25, -0.2) is 4.79 Å². The Hall–Kier alpha value is -2.13. The second-order valence-electron chi connectivity index (χ2n) is 5.94. The van der Waals surface area contributed by atoms with E-state index < -0.39 is 11.2 Å². The van der Waals surface area contributed by atoms with Crippen LogP contribution in [0.2, 0.25) is 0 Å². The van der Waals surface area contributed by atoms with E-state index in [2.05, 4.69) is 27.1 Å². The van der Waals surface area contributed by atoms with Gasteiger partial charge in [-0.1, -0.05) is 0 Å². The summed E-state index contributed by atoms with van der Waals surface area (Å²) in [6, 6.07) is 0.153. The molecule has 0 spiro atoms. The lowest BCUT2D eigenvalue weighted by atomic mass is 10.3. The largest absolute Gasteiger partial charge is 0.379 e. The zero-order valence-electron chi connectivity index (χ0n) is 13.6. The van der Waals surface area contributed by atoms with E-state index >= 15 is 0 Å². The molecule has 1 fully saturated rings. The smallest absolute Gasteiger partial charge is 0.329 e. The molecule has 0 amide bonds. The van der Waals surface area contributed by atoms with Crippen molar-refractivity contribution in [3.05, 3.63) is 20.8 Å². The van der Waals surface area contributed by atoms with Gasteiger partial charge in [0.05, 0.1) is 13.2 Å². The topological polar surface area (TPSA) is 97.2 Å². The summed E-state index contributed by atoms with van der Waals surface area (Å²) in [5.74, 6) is 0.576. The van der Waals surface area contributed by atoms with E-state index in [9.17, 15) is 9.59 Å². The molecule has 2 aromatic heterocycles. The fourth-order valence-corrected chi connectivity index (χ4v) is 2.87. The maximum absolute atomic E-state index is 12.0. The third-order valence-electron chi connectivity index (χ3n) is 4.15. The van der Waals surface area contributed by atoms with Gasteiger partial charge in [0.25, 0.3) is 5.56 Å². The van der Waals surface area contributed by atoms with Crippen molar-refractivity contribution in [3.8, 4) is 0 Å².